The number of nitrogen functional groups attached to an aromatic ring is 2. The van der Waals surface area contributed by atoms with Gasteiger partial charge in [0.1, 0.15) is 11.6 Å². The Bertz CT molecular complexity index is 529. The van der Waals surface area contributed by atoms with Gasteiger partial charge in [-0.3, -0.25) is 0 Å². The molecule has 0 amide bonds. The second-order valence-corrected chi connectivity index (χ2v) is 4.27. The van der Waals surface area contributed by atoms with Crippen molar-refractivity contribution in [3.63, 3.8) is 0 Å². The van der Waals surface area contributed by atoms with Crippen molar-refractivity contribution in [2.75, 3.05) is 11.5 Å². The molecule has 92 valence electrons. The molecule has 5 heteroatoms. The maximum absolute atomic E-state index is 6.10. The Balaban J connectivity index is 2.56. The van der Waals surface area contributed by atoms with Gasteiger partial charge < -0.3 is 11.5 Å². The fraction of sp³-hybridized carbons (Fsp3) is 0.500. The maximum Gasteiger partial charge on any atom is 0.159 e. The summed E-state index contributed by atoms with van der Waals surface area (Å²) in [6, 6.07) is 1.95. The van der Waals surface area contributed by atoms with E-state index in [4.69, 9.17) is 11.5 Å². The molecule has 0 saturated heterocycles. The molecule has 0 saturated carbocycles. The Morgan fingerprint density at radius 3 is 2.53 bits per heavy atom. The third-order valence-corrected chi connectivity index (χ3v) is 2.83. The van der Waals surface area contributed by atoms with Gasteiger partial charge in [0.05, 0.1) is 5.69 Å². The topological polar surface area (TPSA) is 82.2 Å². The van der Waals surface area contributed by atoms with Crippen LogP contribution in [-0.4, -0.2) is 14.6 Å². The zero-order chi connectivity index (χ0) is 12.4. The molecule has 17 heavy (non-hydrogen) atoms. The zero-order valence-electron chi connectivity index (χ0n) is 10.4. The van der Waals surface area contributed by atoms with Gasteiger partial charge in [0, 0.05) is 11.6 Å². The fourth-order valence-corrected chi connectivity index (χ4v) is 2.01. The average Bonchev–Trinajstić information content (AvgIpc) is 2.67. The molecule has 5 nitrogen and oxygen atoms in total. The standard InChI is InChI=1S/C12H19N5/c1-3-5-8-7-10-15-11(13)9(6-4-2)12(14)17(10)16-8/h7H,3-6,14H2,1-2H3,(H2,13,15). The molecule has 2 heterocycles. The average molecular weight is 233 g/mol. The van der Waals surface area contributed by atoms with Crippen LogP contribution in [0.4, 0.5) is 11.6 Å². The van der Waals surface area contributed by atoms with Crippen LogP contribution in [0.25, 0.3) is 5.65 Å². The van der Waals surface area contributed by atoms with Crippen molar-refractivity contribution in [1.29, 1.82) is 0 Å². The molecule has 2 aromatic rings. The second kappa shape index (κ2) is 4.61. The van der Waals surface area contributed by atoms with Crippen molar-refractivity contribution < 1.29 is 0 Å². The second-order valence-electron chi connectivity index (χ2n) is 4.27. The number of hydrogen-bond acceptors (Lipinski definition) is 4. The number of aromatic nitrogens is 3. The van der Waals surface area contributed by atoms with E-state index >= 15 is 0 Å². The molecule has 0 bridgehead atoms. The highest BCUT2D eigenvalue weighted by molar-refractivity contribution is 5.61. The number of nitrogens with two attached hydrogens (primary N) is 2. The first kappa shape index (κ1) is 11.7. The van der Waals surface area contributed by atoms with E-state index < -0.39 is 0 Å². The van der Waals surface area contributed by atoms with Gasteiger partial charge in [-0.2, -0.15) is 9.61 Å². The van der Waals surface area contributed by atoms with E-state index in [1.165, 1.54) is 0 Å². The van der Waals surface area contributed by atoms with E-state index in [-0.39, 0.29) is 0 Å². The molecule has 0 spiro atoms. The number of nitrogens with zero attached hydrogens (tertiary/aromatic N) is 3. The highest BCUT2D eigenvalue weighted by Gasteiger charge is 2.12. The van der Waals surface area contributed by atoms with Gasteiger partial charge in [0.15, 0.2) is 5.65 Å². The van der Waals surface area contributed by atoms with Gasteiger partial charge in [-0.25, -0.2) is 4.98 Å². The van der Waals surface area contributed by atoms with Crippen LogP contribution in [-0.2, 0) is 12.8 Å². The Kier molecular flexibility index (Phi) is 3.17. The third kappa shape index (κ3) is 2.05. The van der Waals surface area contributed by atoms with Gasteiger partial charge in [-0.15, -0.1) is 0 Å². The van der Waals surface area contributed by atoms with Crippen molar-refractivity contribution >= 4 is 17.3 Å². The SMILES string of the molecule is CCCc1cc2nc(N)c(CCC)c(N)n2n1. The van der Waals surface area contributed by atoms with Crippen molar-refractivity contribution in [3.05, 3.63) is 17.3 Å². The Morgan fingerprint density at radius 2 is 1.88 bits per heavy atom. The van der Waals surface area contributed by atoms with E-state index in [1.807, 2.05) is 6.07 Å². The first-order valence-corrected chi connectivity index (χ1v) is 6.09. The molecule has 0 unspecified atom stereocenters. The fourth-order valence-electron chi connectivity index (χ4n) is 2.01. The van der Waals surface area contributed by atoms with Crippen LogP contribution >= 0.6 is 0 Å². The van der Waals surface area contributed by atoms with E-state index in [2.05, 4.69) is 23.9 Å². The lowest BCUT2D eigenvalue weighted by atomic mass is 10.1. The Hall–Kier alpha value is -1.78. The summed E-state index contributed by atoms with van der Waals surface area (Å²) in [6.45, 7) is 4.21. The third-order valence-electron chi connectivity index (χ3n) is 2.83. The summed E-state index contributed by atoms with van der Waals surface area (Å²) in [7, 11) is 0. The Morgan fingerprint density at radius 1 is 1.18 bits per heavy atom. The minimum Gasteiger partial charge on any atom is -0.383 e. The van der Waals surface area contributed by atoms with Crippen LogP contribution in [0.2, 0.25) is 0 Å². The molecular formula is C12H19N5. The number of aryl methyl sites for hydroxylation is 1. The molecule has 4 N–H and O–H groups in total. The van der Waals surface area contributed by atoms with Crippen molar-refractivity contribution in [3.8, 4) is 0 Å². The Labute approximate surface area is 101 Å². The summed E-state index contributed by atoms with van der Waals surface area (Å²) in [5.41, 5.74) is 14.7. The van der Waals surface area contributed by atoms with E-state index in [9.17, 15) is 0 Å². The van der Waals surface area contributed by atoms with Gasteiger partial charge in [0.2, 0.25) is 0 Å². The van der Waals surface area contributed by atoms with E-state index in [0.717, 1.165) is 42.6 Å². The predicted octanol–water partition coefficient (Wildman–Crippen LogP) is 1.80. The quantitative estimate of drug-likeness (QED) is 0.843. The number of fused-ring (bicyclic) bond motifs is 1. The molecule has 0 atom stereocenters. The number of rotatable bonds is 4. The molecule has 0 aliphatic heterocycles. The molecule has 0 aliphatic carbocycles. The zero-order valence-corrected chi connectivity index (χ0v) is 10.4. The first-order chi connectivity index (χ1) is 8.17. The predicted molar refractivity (Wildman–Crippen MR) is 69.8 cm³/mol. The number of hydrogen-bond donors (Lipinski definition) is 2. The van der Waals surface area contributed by atoms with Crippen molar-refractivity contribution in [2.24, 2.45) is 0 Å². The molecular weight excluding hydrogens is 214 g/mol. The smallest absolute Gasteiger partial charge is 0.159 e. The molecule has 2 aromatic heterocycles. The van der Waals surface area contributed by atoms with Crippen LogP contribution < -0.4 is 11.5 Å². The van der Waals surface area contributed by atoms with E-state index in [1.54, 1.807) is 4.52 Å². The van der Waals surface area contributed by atoms with Crippen LogP contribution in [0.1, 0.15) is 37.9 Å². The lowest BCUT2D eigenvalue weighted by molar-refractivity contribution is 0.827. The summed E-state index contributed by atoms with van der Waals surface area (Å²) in [5, 5.41) is 4.46. The van der Waals surface area contributed by atoms with Gasteiger partial charge in [-0.05, 0) is 12.8 Å². The first-order valence-electron chi connectivity index (χ1n) is 6.09. The summed E-state index contributed by atoms with van der Waals surface area (Å²) >= 11 is 0. The maximum atomic E-state index is 6.10. The summed E-state index contributed by atoms with van der Waals surface area (Å²) in [6.07, 6.45) is 3.82. The largest absolute Gasteiger partial charge is 0.383 e. The minimum atomic E-state index is 0.528. The van der Waals surface area contributed by atoms with Gasteiger partial charge in [-0.1, -0.05) is 26.7 Å². The highest BCUT2D eigenvalue weighted by Crippen LogP contribution is 2.21. The monoisotopic (exact) mass is 233 g/mol. The van der Waals surface area contributed by atoms with Gasteiger partial charge >= 0.3 is 0 Å². The normalized spacial score (nSPS) is 11.2. The molecule has 0 aliphatic rings. The molecule has 0 fully saturated rings. The van der Waals surface area contributed by atoms with Gasteiger partial charge in [0.25, 0.3) is 0 Å². The van der Waals surface area contributed by atoms with Crippen LogP contribution in [0, 0.1) is 0 Å². The number of anilines is 2. The van der Waals surface area contributed by atoms with Crippen LogP contribution in [0.3, 0.4) is 0 Å². The van der Waals surface area contributed by atoms with Crippen LogP contribution in [0.15, 0.2) is 6.07 Å². The van der Waals surface area contributed by atoms with Crippen LogP contribution in [0.5, 0.6) is 0 Å². The molecule has 0 aromatic carbocycles. The van der Waals surface area contributed by atoms with Crippen molar-refractivity contribution in [2.45, 2.75) is 39.5 Å². The van der Waals surface area contributed by atoms with Crippen molar-refractivity contribution in [1.82, 2.24) is 14.6 Å². The molecule has 0 radical (unpaired) electrons. The summed E-state index contributed by atoms with van der Waals surface area (Å²) < 4.78 is 1.70. The lowest BCUT2D eigenvalue weighted by Gasteiger charge is -2.08. The summed E-state index contributed by atoms with van der Waals surface area (Å²) in [5.74, 6) is 1.15. The molecule has 2 rings (SSSR count). The summed E-state index contributed by atoms with van der Waals surface area (Å²) in [4.78, 5) is 4.36. The highest BCUT2D eigenvalue weighted by atomic mass is 15.3. The lowest BCUT2D eigenvalue weighted by Crippen LogP contribution is -2.09. The minimum absolute atomic E-state index is 0.528. The van der Waals surface area contributed by atoms with E-state index in [0.29, 0.717) is 11.6 Å².